The van der Waals surface area contributed by atoms with Crippen molar-refractivity contribution in [1.29, 1.82) is 0 Å². The normalized spacial score (nSPS) is 0. The van der Waals surface area contributed by atoms with Crippen LogP contribution in [0.2, 0.25) is 0 Å². The quantitative estimate of drug-likeness (QED) is 0.398. The van der Waals surface area contributed by atoms with Crippen LogP contribution >= 0.6 is 0 Å². The molecule has 0 heterocycles. The van der Waals surface area contributed by atoms with Crippen LogP contribution in [-0.2, 0) is 21.7 Å². The van der Waals surface area contributed by atoms with Crippen molar-refractivity contribution in [2.24, 2.45) is 0 Å². The van der Waals surface area contributed by atoms with Gasteiger partial charge in [-0.1, -0.05) is 0 Å². The van der Waals surface area contributed by atoms with Crippen molar-refractivity contribution in [2.75, 3.05) is 0 Å². The molecule has 2 radical (unpaired) electrons. The van der Waals surface area contributed by atoms with Gasteiger partial charge >= 0.3 is 67.4 Å². The first-order chi connectivity index (χ1) is 0. The van der Waals surface area contributed by atoms with Crippen LogP contribution in [0.4, 0.5) is 0 Å². The van der Waals surface area contributed by atoms with Gasteiger partial charge in [0.25, 0.3) is 0 Å². The monoisotopic (exact) mass is 374 g/mol. The van der Waals surface area contributed by atoms with Crippen LogP contribution in [0.25, 0.3) is 0 Å². The van der Waals surface area contributed by atoms with Crippen molar-refractivity contribution in [3.05, 3.63) is 0 Å². The zero-order chi connectivity index (χ0) is 0. The Morgan fingerprint density at radius 3 is 1.00 bits per heavy atom. The van der Waals surface area contributed by atoms with E-state index in [9.17, 15) is 0 Å². The molecule has 0 rings (SSSR count). The summed E-state index contributed by atoms with van der Waals surface area (Å²) in [6.45, 7) is 0. The molecule has 0 bridgehead atoms. The molecule has 0 nitrogen and oxygen atoms in total. The summed E-state index contributed by atoms with van der Waals surface area (Å²) in [5.41, 5.74) is 0. The van der Waals surface area contributed by atoms with Gasteiger partial charge in [0, 0.05) is 21.7 Å². The Balaban J connectivity index is 0. The third-order valence-corrected chi connectivity index (χ3v) is 0. The summed E-state index contributed by atoms with van der Waals surface area (Å²) in [5, 5.41) is 0. The maximum Gasteiger partial charge on any atom is 0 e. The third-order valence-electron chi connectivity index (χ3n) is 0. The molecular weight excluding hydrogens is 364 g/mol. The van der Waals surface area contributed by atoms with Gasteiger partial charge in [-0.2, -0.15) is 0 Å². The topological polar surface area (TPSA) is 0 Å². The number of hydrogen-bond acceptors (Lipinski definition) is 0. The van der Waals surface area contributed by atoms with Gasteiger partial charge in [-0.3, -0.25) is 0 Å². The largest absolute Gasteiger partial charge is 0 e. The molecule has 0 atom stereocenters. The van der Waals surface area contributed by atoms with Crippen molar-refractivity contribution >= 4 is 67.4 Å². The zero-order valence-electron chi connectivity index (χ0n) is 1.71. The van der Waals surface area contributed by atoms with Crippen LogP contribution in [0.5, 0.6) is 0 Å². The fourth-order valence-corrected chi connectivity index (χ4v) is 0. The molecule has 0 aliphatic rings. The molecule has 0 saturated heterocycles. The number of rotatable bonds is 0. The summed E-state index contributed by atoms with van der Waals surface area (Å²) in [4.78, 5) is 0. The molecular formula is H7GaSnTeTi. The van der Waals surface area contributed by atoms with Crippen molar-refractivity contribution in [3.63, 3.8) is 0 Å². The minimum absolute atomic E-state index is 0. The first kappa shape index (κ1) is 28.3. The fraction of sp³-hybridized carbons (Fsp3) is 0. The predicted octanol–water partition coefficient (Wildman–Crippen LogP) is -3.02. The molecule has 0 aromatic carbocycles. The average molecular weight is 371 g/mol. The summed E-state index contributed by atoms with van der Waals surface area (Å²) in [7, 11) is 0. The van der Waals surface area contributed by atoms with Crippen molar-refractivity contribution in [2.45, 2.75) is 0 Å². The van der Waals surface area contributed by atoms with E-state index in [0.29, 0.717) is 0 Å². The Kier molecular flexibility index (Phi) is 119. The number of hydrogen-bond donors (Lipinski definition) is 0. The van der Waals surface area contributed by atoms with E-state index in [4.69, 9.17) is 0 Å². The Morgan fingerprint density at radius 1 is 1.00 bits per heavy atom. The van der Waals surface area contributed by atoms with E-state index < -0.39 is 0 Å². The van der Waals surface area contributed by atoms with Crippen molar-refractivity contribution in [1.82, 2.24) is 0 Å². The van der Waals surface area contributed by atoms with Gasteiger partial charge in [0.2, 0.25) is 0 Å². The van der Waals surface area contributed by atoms with Crippen LogP contribution in [0.15, 0.2) is 0 Å². The second kappa shape index (κ2) is 16.8. The molecule has 0 amide bonds. The maximum absolute atomic E-state index is 0. The molecule has 4 heteroatoms. The van der Waals surface area contributed by atoms with Crippen LogP contribution < -0.4 is 0 Å². The Morgan fingerprint density at radius 2 is 1.00 bits per heavy atom. The second-order valence-corrected chi connectivity index (χ2v) is 0. The predicted molar refractivity (Wildman–Crippen MR) is 27.0 cm³/mol. The molecule has 0 aliphatic carbocycles. The SMILES string of the molecule is [GaH3].[SnH2].[TeH2].[Ti]. The van der Waals surface area contributed by atoms with E-state index in [1.807, 2.05) is 0 Å². The first-order valence-corrected chi connectivity index (χ1v) is 0. The van der Waals surface area contributed by atoms with Crippen molar-refractivity contribution in [3.8, 4) is 0 Å². The Bertz CT molecular complexity index is 8.00. The van der Waals surface area contributed by atoms with Gasteiger partial charge in [-0.25, -0.2) is 0 Å². The molecule has 0 fully saturated rings. The maximum atomic E-state index is 0. The van der Waals surface area contributed by atoms with E-state index in [-0.39, 0.29) is 89.1 Å². The summed E-state index contributed by atoms with van der Waals surface area (Å²) in [6, 6.07) is 0. The molecule has 0 saturated carbocycles. The summed E-state index contributed by atoms with van der Waals surface area (Å²) >= 11 is 0. The van der Waals surface area contributed by atoms with Crippen LogP contribution in [0.1, 0.15) is 0 Å². The molecule has 0 spiro atoms. The standard InChI is InChI=1S/Ga.Sn.H2Te.Ti.5H/h;;1H2;;;;;;. The molecule has 0 unspecified atom stereocenters. The summed E-state index contributed by atoms with van der Waals surface area (Å²) < 4.78 is 0. The van der Waals surface area contributed by atoms with E-state index in [2.05, 4.69) is 0 Å². The van der Waals surface area contributed by atoms with Crippen LogP contribution in [0.3, 0.4) is 0 Å². The van der Waals surface area contributed by atoms with E-state index >= 15 is 0 Å². The second-order valence-electron chi connectivity index (χ2n) is 0. The van der Waals surface area contributed by atoms with E-state index in [1.54, 1.807) is 0 Å². The molecule has 0 aromatic rings. The van der Waals surface area contributed by atoms with E-state index in [1.165, 1.54) is 0 Å². The molecule has 0 aliphatic heterocycles. The van der Waals surface area contributed by atoms with Crippen LogP contribution in [-0.4, -0.2) is 67.4 Å². The zero-order valence-corrected chi connectivity index (χ0v) is 10.2. The minimum atomic E-state index is 0. The Hall–Kier alpha value is 2.94. The average Bonchev–Trinajstić information content (AvgIpc) is 0. The molecule has 4 heavy (non-hydrogen) atoms. The van der Waals surface area contributed by atoms with Crippen LogP contribution in [0, 0.1) is 0 Å². The Labute approximate surface area is 87.5 Å². The van der Waals surface area contributed by atoms with E-state index in [0.717, 1.165) is 0 Å². The van der Waals surface area contributed by atoms with Gasteiger partial charge in [0.05, 0.1) is 0 Å². The van der Waals surface area contributed by atoms with Gasteiger partial charge in [-0.15, -0.1) is 0 Å². The molecule has 0 N–H and O–H groups in total. The smallest absolute Gasteiger partial charge is 0 e. The summed E-state index contributed by atoms with van der Waals surface area (Å²) in [6.07, 6.45) is 0. The first-order valence-electron chi connectivity index (χ1n) is 0. The fourth-order valence-electron chi connectivity index (χ4n) is 0. The molecule has 0 aromatic heterocycles. The van der Waals surface area contributed by atoms with Gasteiger partial charge in [-0.05, 0) is 0 Å². The van der Waals surface area contributed by atoms with Crippen molar-refractivity contribution < 1.29 is 21.7 Å². The van der Waals surface area contributed by atoms with Gasteiger partial charge in [0.15, 0.2) is 0 Å². The molecule has 24 valence electrons. The third kappa shape index (κ3) is 8.87. The minimum Gasteiger partial charge on any atom is 0 e. The summed E-state index contributed by atoms with van der Waals surface area (Å²) in [5.74, 6) is 0. The van der Waals surface area contributed by atoms with Gasteiger partial charge in [0.1, 0.15) is 0 Å². The van der Waals surface area contributed by atoms with Gasteiger partial charge < -0.3 is 0 Å².